The quantitative estimate of drug-likeness (QED) is 0.339. The van der Waals surface area contributed by atoms with Gasteiger partial charge in [-0.05, 0) is 29.7 Å². The van der Waals surface area contributed by atoms with Crippen LogP contribution in [0.15, 0.2) is 67.0 Å². The van der Waals surface area contributed by atoms with E-state index in [4.69, 9.17) is 27.9 Å². The van der Waals surface area contributed by atoms with Gasteiger partial charge in [0.25, 0.3) is 16.1 Å². The van der Waals surface area contributed by atoms with Crippen LogP contribution in [0.25, 0.3) is 0 Å². The van der Waals surface area contributed by atoms with Crippen LogP contribution < -0.4 is 10.0 Å². The lowest BCUT2D eigenvalue weighted by atomic mass is 10.1. The lowest BCUT2D eigenvalue weighted by Gasteiger charge is -2.24. The zero-order chi connectivity index (χ0) is 27.0. The highest BCUT2D eigenvalue weighted by molar-refractivity contribution is 7.87. The summed E-state index contributed by atoms with van der Waals surface area (Å²) >= 11 is 12.1. The topological polar surface area (TPSA) is 118 Å². The van der Waals surface area contributed by atoms with Crippen molar-refractivity contribution in [3.05, 3.63) is 93.7 Å². The maximum absolute atomic E-state index is 13.1. The molecular weight excluding hydrogens is 539 g/mol. The van der Waals surface area contributed by atoms with Gasteiger partial charge < -0.3 is 10.1 Å². The monoisotopic (exact) mass is 564 g/mol. The number of ether oxygens (including phenoxy) is 1. The molecule has 0 saturated carbocycles. The lowest BCUT2D eigenvalue weighted by Crippen LogP contribution is -2.49. The van der Waals surface area contributed by atoms with Gasteiger partial charge in [0.1, 0.15) is 6.04 Å². The second-order valence-corrected chi connectivity index (χ2v) is 10.5. The van der Waals surface area contributed by atoms with Crippen LogP contribution in [0, 0.1) is 0 Å². The van der Waals surface area contributed by atoms with E-state index in [0.29, 0.717) is 11.3 Å². The van der Waals surface area contributed by atoms with E-state index in [1.165, 1.54) is 23.8 Å². The van der Waals surface area contributed by atoms with Crippen molar-refractivity contribution >= 4 is 51.0 Å². The first-order valence-corrected chi connectivity index (χ1v) is 13.4. The first kappa shape index (κ1) is 28.5. The Morgan fingerprint density at radius 3 is 2.19 bits per heavy atom. The summed E-state index contributed by atoms with van der Waals surface area (Å²) in [4.78, 5) is 28.8. The minimum atomic E-state index is -4.01. The molecule has 0 radical (unpaired) electrons. The third kappa shape index (κ3) is 7.73. The van der Waals surface area contributed by atoms with Gasteiger partial charge in [-0.1, -0.05) is 72.6 Å². The first-order chi connectivity index (χ1) is 17.6. The molecule has 0 aliphatic rings. The molecule has 0 fully saturated rings. The van der Waals surface area contributed by atoms with E-state index in [-0.39, 0.29) is 35.1 Å². The number of pyridine rings is 1. The molecule has 12 heteroatoms. The molecule has 0 aliphatic carbocycles. The van der Waals surface area contributed by atoms with Gasteiger partial charge in [-0.15, -0.1) is 0 Å². The summed E-state index contributed by atoms with van der Waals surface area (Å²) in [5.74, 6) is -1.23. The number of carbonyl (C=O) groups excluding carboxylic acids is 2. The normalized spacial score (nSPS) is 12.2. The minimum Gasteiger partial charge on any atom is -0.468 e. The largest absolute Gasteiger partial charge is 0.468 e. The van der Waals surface area contributed by atoms with E-state index in [9.17, 15) is 18.0 Å². The number of halogens is 2. The second kappa shape index (κ2) is 13.0. The number of methoxy groups -OCH3 is 1. The molecular formula is C25H26Cl2N4O5S. The fourth-order valence-corrected chi connectivity index (χ4v) is 5.39. The van der Waals surface area contributed by atoms with Crippen molar-refractivity contribution in [1.82, 2.24) is 14.0 Å². The Morgan fingerprint density at radius 1 is 1.00 bits per heavy atom. The molecule has 1 heterocycles. The Labute approximate surface area is 225 Å². The SMILES string of the molecule is CCN(Cc1ccccc1)S(=O)(=O)NC(Cc1ccc(NC(=O)c2c(Cl)cncc2Cl)cc1)C(=O)OC. The van der Waals surface area contributed by atoms with Gasteiger partial charge in [-0.3, -0.25) is 14.6 Å². The number of carbonyl (C=O) groups is 2. The van der Waals surface area contributed by atoms with E-state index in [2.05, 4.69) is 15.0 Å². The number of anilines is 1. The van der Waals surface area contributed by atoms with Crippen LogP contribution in [0.1, 0.15) is 28.4 Å². The van der Waals surface area contributed by atoms with Crippen LogP contribution >= 0.6 is 23.2 Å². The van der Waals surface area contributed by atoms with Crippen LogP contribution in [-0.4, -0.2) is 49.3 Å². The average Bonchev–Trinajstić information content (AvgIpc) is 2.87. The molecule has 2 aromatic carbocycles. The second-order valence-electron chi connectivity index (χ2n) is 7.94. The number of nitrogens with zero attached hydrogens (tertiary/aromatic N) is 2. The number of aromatic nitrogens is 1. The summed E-state index contributed by atoms with van der Waals surface area (Å²) in [6.45, 7) is 2.08. The summed E-state index contributed by atoms with van der Waals surface area (Å²) in [7, 11) is -2.82. The predicted molar refractivity (Wildman–Crippen MR) is 143 cm³/mol. The van der Waals surface area contributed by atoms with E-state index >= 15 is 0 Å². The smallest absolute Gasteiger partial charge is 0.324 e. The Hall–Kier alpha value is -3.02. The maximum Gasteiger partial charge on any atom is 0.324 e. The average molecular weight is 565 g/mol. The third-order valence-corrected chi connectivity index (χ3v) is 7.63. The third-order valence-electron chi connectivity index (χ3n) is 5.40. The molecule has 196 valence electrons. The Morgan fingerprint density at radius 2 is 1.62 bits per heavy atom. The van der Waals surface area contributed by atoms with Crippen molar-refractivity contribution in [3.63, 3.8) is 0 Å². The molecule has 0 saturated heterocycles. The summed E-state index contributed by atoms with van der Waals surface area (Å²) in [5, 5.41) is 2.92. The standard InChI is InChI=1S/C25H26Cl2N4O5S/c1-3-31(16-18-7-5-4-6-8-18)37(34,35)30-22(25(33)36-2)13-17-9-11-19(12-10-17)29-24(32)23-20(26)14-28-15-21(23)27/h4-12,14-15,22,30H,3,13,16H2,1-2H3,(H,29,32). The molecule has 2 N–H and O–H groups in total. The summed E-state index contributed by atoms with van der Waals surface area (Å²) in [6, 6.07) is 14.6. The molecule has 9 nitrogen and oxygen atoms in total. The molecule has 0 bridgehead atoms. The zero-order valence-corrected chi connectivity index (χ0v) is 22.5. The van der Waals surface area contributed by atoms with Crippen molar-refractivity contribution < 1.29 is 22.7 Å². The number of amides is 1. The van der Waals surface area contributed by atoms with Gasteiger partial charge in [0.2, 0.25) is 0 Å². The molecule has 0 aliphatic heterocycles. The summed E-state index contributed by atoms with van der Waals surface area (Å²) in [5.41, 5.74) is 2.00. The highest BCUT2D eigenvalue weighted by atomic mass is 35.5. The van der Waals surface area contributed by atoms with Crippen molar-refractivity contribution in [2.24, 2.45) is 0 Å². The first-order valence-electron chi connectivity index (χ1n) is 11.2. The van der Waals surface area contributed by atoms with Crippen molar-refractivity contribution in [2.75, 3.05) is 19.0 Å². The van der Waals surface area contributed by atoms with Crippen molar-refractivity contribution in [3.8, 4) is 0 Å². The van der Waals surface area contributed by atoms with Gasteiger partial charge in [0.05, 0.1) is 22.7 Å². The number of hydrogen-bond donors (Lipinski definition) is 2. The van der Waals surface area contributed by atoms with E-state index in [1.54, 1.807) is 31.2 Å². The molecule has 1 amide bonds. The predicted octanol–water partition coefficient (Wildman–Crippen LogP) is 4.08. The molecule has 3 aromatic rings. The highest BCUT2D eigenvalue weighted by Crippen LogP contribution is 2.24. The van der Waals surface area contributed by atoms with Crippen LogP contribution in [0.3, 0.4) is 0 Å². The molecule has 1 atom stereocenters. The summed E-state index contributed by atoms with van der Waals surface area (Å²) in [6.07, 6.45) is 2.67. The number of hydrogen-bond acceptors (Lipinski definition) is 6. The van der Waals surface area contributed by atoms with E-state index in [1.807, 2.05) is 30.3 Å². The van der Waals surface area contributed by atoms with Gasteiger partial charge in [0, 0.05) is 31.2 Å². The highest BCUT2D eigenvalue weighted by Gasteiger charge is 2.29. The fourth-order valence-electron chi connectivity index (χ4n) is 3.51. The van der Waals surface area contributed by atoms with Gasteiger partial charge in [-0.25, -0.2) is 0 Å². The minimum absolute atomic E-state index is 0.0328. The molecule has 0 spiro atoms. The van der Waals surface area contributed by atoms with E-state index in [0.717, 1.165) is 5.56 Å². The van der Waals surface area contributed by atoms with Crippen molar-refractivity contribution in [2.45, 2.75) is 25.9 Å². The lowest BCUT2D eigenvalue weighted by molar-refractivity contribution is -0.142. The number of esters is 1. The maximum atomic E-state index is 13.1. The number of rotatable bonds is 11. The molecule has 1 aromatic heterocycles. The number of nitrogens with one attached hydrogen (secondary N) is 2. The molecule has 37 heavy (non-hydrogen) atoms. The van der Waals surface area contributed by atoms with E-state index < -0.39 is 28.1 Å². The van der Waals surface area contributed by atoms with Gasteiger partial charge in [0.15, 0.2) is 0 Å². The Bertz CT molecular complexity index is 1320. The fraction of sp³-hybridized carbons (Fsp3) is 0.240. The van der Waals surface area contributed by atoms with Crippen LogP contribution in [-0.2, 0) is 32.7 Å². The van der Waals surface area contributed by atoms with Crippen LogP contribution in [0.5, 0.6) is 0 Å². The zero-order valence-electron chi connectivity index (χ0n) is 20.1. The van der Waals surface area contributed by atoms with Crippen molar-refractivity contribution in [1.29, 1.82) is 0 Å². The number of benzene rings is 2. The Kier molecular flexibility index (Phi) is 10.0. The molecule has 3 rings (SSSR count). The van der Waals surface area contributed by atoms with Gasteiger partial charge >= 0.3 is 5.97 Å². The molecule has 1 unspecified atom stereocenters. The van der Waals surface area contributed by atoms with Gasteiger partial charge in [-0.2, -0.15) is 17.4 Å². The Balaban J connectivity index is 1.71. The van der Waals surface area contributed by atoms with Crippen LogP contribution in [0.4, 0.5) is 5.69 Å². The van der Waals surface area contributed by atoms with Crippen LogP contribution in [0.2, 0.25) is 10.0 Å². The summed E-state index contributed by atoms with van der Waals surface area (Å²) < 4.78 is 34.7.